The number of nitrogens with zero attached hydrogens (tertiary/aromatic N) is 1. The van der Waals surface area contributed by atoms with Crippen molar-refractivity contribution in [3.8, 4) is 11.3 Å². The minimum absolute atomic E-state index is 0.267. The van der Waals surface area contributed by atoms with Gasteiger partial charge in [0.1, 0.15) is 5.82 Å². The fourth-order valence-corrected chi connectivity index (χ4v) is 2.13. The smallest absolute Gasteiger partial charge is 0.194 e. The van der Waals surface area contributed by atoms with Gasteiger partial charge in [-0.05, 0) is 50.0 Å². The maximum atomic E-state index is 13.9. The summed E-state index contributed by atoms with van der Waals surface area (Å²) in [6, 6.07) is 5.11. The number of nitrogens with one attached hydrogen (secondary N) is 1. The molecular weight excluding hydrogens is 267 g/mol. The molecule has 1 aromatic carbocycles. The van der Waals surface area contributed by atoms with Crippen molar-refractivity contribution in [2.45, 2.75) is 33.6 Å². The zero-order valence-corrected chi connectivity index (χ0v) is 12.9. The Bertz CT molecular complexity index is 578. The highest BCUT2D eigenvalue weighted by atomic mass is 19.1. The molecule has 4 heteroatoms. The predicted molar refractivity (Wildman–Crippen MR) is 82.7 cm³/mol. The van der Waals surface area contributed by atoms with Gasteiger partial charge in [-0.15, -0.1) is 0 Å². The molecule has 0 atom stereocenters. The van der Waals surface area contributed by atoms with E-state index in [-0.39, 0.29) is 5.82 Å². The van der Waals surface area contributed by atoms with E-state index in [1.54, 1.807) is 12.3 Å². The average molecular weight is 290 g/mol. The van der Waals surface area contributed by atoms with Crippen LogP contribution < -0.4 is 5.32 Å². The van der Waals surface area contributed by atoms with Gasteiger partial charge in [-0.3, -0.25) is 0 Å². The Morgan fingerprint density at radius 3 is 2.86 bits per heavy atom. The van der Waals surface area contributed by atoms with Crippen molar-refractivity contribution in [1.82, 2.24) is 10.3 Å². The molecule has 2 rings (SSSR count). The molecule has 1 N–H and O–H groups in total. The maximum absolute atomic E-state index is 13.9. The van der Waals surface area contributed by atoms with Gasteiger partial charge in [0.05, 0.1) is 11.8 Å². The Kier molecular flexibility index (Phi) is 5.51. The van der Waals surface area contributed by atoms with Gasteiger partial charge in [0.25, 0.3) is 0 Å². The van der Waals surface area contributed by atoms with Crippen LogP contribution in [0.4, 0.5) is 4.39 Å². The van der Waals surface area contributed by atoms with Crippen molar-refractivity contribution in [1.29, 1.82) is 0 Å². The van der Waals surface area contributed by atoms with Crippen molar-refractivity contribution in [2.75, 3.05) is 13.1 Å². The van der Waals surface area contributed by atoms with E-state index < -0.39 is 0 Å². The van der Waals surface area contributed by atoms with Crippen molar-refractivity contribution in [2.24, 2.45) is 5.92 Å². The Hall–Kier alpha value is -1.68. The molecular formula is C17H23FN2O. The van der Waals surface area contributed by atoms with Gasteiger partial charge in [-0.25, -0.2) is 9.37 Å². The standard InChI is InChI=1S/C17H23FN2O/c1-12(2)10-19-8-4-5-17-20-11-16(21-17)14-7-6-13(3)9-15(14)18/h6-7,9,11-12,19H,4-5,8,10H2,1-3H3. The molecule has 21 heavy (non-hydrogen) atoms. The summed E-state index contributed by atoms with van der Waals surface area (Å²) in [6.45, 7) is 8.19. The van der Waals surface area contributed by atoms with Gasteiger partial charge >= 0.3 is 0 Å². The Morgan fingerprint density at radius 1 is 1.33 bits per heavy atom. The lowest BCUT2D eigenvalue weighted by Crippen LogP contribution is -2.21. The summed E-state index contributed by atoms with van der Waals surface area (Å²) < 4.78 is 19.5. The molecule has 0 fully saturated rings. The number of oxazole rings is 1. The van der Waals surface area contributed by atoms with Crippen molar-refractivity contribution in [3.63, 3.8) is 0 Å². The highest BCUT2D eigenvalue weighted by Crippen LogP contribution is 2.24. The van der Waals surface area contributed by atoms with Crippen LogP contribution in [0.2, 0.25) is 0 Å². The fraction of sp³-hybridized carbons (Fsp3) is 0.471. The second kappa shape index (κ2) is 7.36. The molecule has 0 saturated heterocycles. The van der Waals surface area contributed by atoms with E-state index in [9.17, 15) is 4.39 Å². The maximum Gasteiger partial charge on any atom is 0.194 e. The number of aryl methyl sites for hydroxylation is 2. The summed E-state index contributed by atoms with van der Waals surface area (Å²) >= 11 is 0. The van der Waals surface area contributed by atoms with Gasteiger partial charge in [0.15, 0.2) is 11.7 Å². The van der Waals surface area contributed by atoms with Crippen LogP contribution in [0.15, 0.2) is 28.8 Å². The van der Waals surface area contributed by atoms with Crippen molar-refractivity contribution >= 4 is 0 Å². The molecule has 0 spiro atoms. The molecule has 3 nitrogen and oxygen atoms in total. The SMILES string of the molecule is Cc1ccc(-c2cnc(CCCNCC(C)C)o2)c(F)c1. The first-order valence-electron chi connectivity index (χ1n) is 7.48. The van der Waals surface area contributed by atoms with E-state index in [1.807, 2.05) is 13.0 Å². The zero-order chi connectivity index (χ0) is 15.2. The van der Waals surface area contributed by atoms with Gasteiger partial charge < -0.3 is 9.73 Å². The lowest BCUT2D eigenvalue weighted by molar-refractivity contribution is 0.481. The molecule has 1 aromatic heterocycles. The molecule has 0 unspecified atom stereocenters. The van der Waals surface area contributed by atoms with Gasteiger partial charge in [0.2, 0.25) is 0 Å². The van der Waals surface area contributed by atoms with Crippen molar-refractivity contribution < 1.29 is 8.81 Å². The van der Waals surface area contributed by atoms with Crippen LogP contribution in [0.3, 0.4) is 0 Å². The number of rotatable bonds is 7. The highest BCUT2D eigenvalue weighted by Gasteiger charge is 2.10. The van der Waals surface area contributed by atoms with Crippen LogP contribution in [-0.4, -0.2) is 18.1 Å². The second-order valence-electron chi connectivity index (χ2n) is 5.80. The van der Waals surface area contributed by atoms with E-state index in [0.29, 0.717) is 23.1 Å². The summed E-state index contributed by atoms with van der Waals surface area (Å²) in [5.41, 5.74) is 1.37. The molecule has 0 saturated carbocycles. The van der Waals surface area contributed by atoms with Crippen LogP contribution >= 0.6 is 0 Å². The molecule has 0 aliphatic carbocycles. The molecule has 2 aromatic rings. The summed E-state index contributed by atoms with van der Waals surface area (Å²) in [7, 11) is 0. The molecule has 1 heterocycles. The number of hydrogen-bond acceptors (Lipinski definition) is 3. The predicted octanol–water partition coefficient (Wildman–Crippen LogP) is 3.97. The van der Waals surface area contributed by atoms with Gasteiger partial charge in [0, 0.05) is 6.42 Å². The quantitative estimate of drug-likeness (QED) is 0.784. The van der Waals surface area contributed by atoms with Crippen LogP contribution in [0, 0.1) is 18.7 Å². The van der Waals surface area contributed by atoms with Crippen LogP contribution in [0.1, 0.15) is 31.7 Å². The first kappa shape index (κ1) is 15.7. The number of hydrogen-bond donors (Lipinski definition) is 1. The van der Waals surface area contributed by atoms with Crippen LogP contribution in [0.25, 0.3) is 11.3 Å². The van der Waals surface area contributed by atoms with E-state index >= 15 is 0 Å². The minimum atomic E-state index is -0.267. The third-order valence-electron chi connectivity index (χ3n) is 3.24. The zero-order valence-electron chi connectivity index (χ0n) is 12.9. The lowest BCUT2D eigenvalue weighted by Gasteiger charge is -2.05. The molecule has 0 amide bonds. The van der Waals surface area contributed by atoms with E-state index in [4.69, 9.17) is 4.42 Å². The third-order valence-corrected chi connectivity index (χ3v) is 3.24. The number of benzene rings is 1. The average Bonchev–Trinajstić information content (AvgIpc) is 2.86. The molecule has 0 aliphatic rings. The summed E-state index contributed by atoms with van der Waals surface area (Å²) in [4.78, 5) is 4.23. The van der Waals surface area contributed by atoms with Gasteiger partial charge in [-0.1, -0.05) is 19.9 Å². The molecule has 0 aliphatic heterocycles. The minimum Gasteiger partial charge on any atom is -0.441 e. The van der Waals surface area contributed by atoms with Crippen LogP contribution in [0.5, 0.6) is 0 Å². The number of aromatic nitrogens is 1. The monoisotopic (exact) mass is 290 g/mol. The Balaban J connectivity index is 1.89. The molecule has 114 valence electrons. The Morgan fingerprint density at radius 2 is 2.14 bits per heavy atom. The first-order chi connectivity index (χ1) is 10.1. The Labute approximate surface area is 125 Å². The number of halogens is 1. The van der Waals surface area contributed by atoms with E-state index in [0.717, 1.165) is 31.5 Å². The topological polar surface area (TPSA) is 38.1 Å². The van der Waals surface area contributed by atoms with Gasteiger partial charge in [-0.2, -0.15) is 0 Å². The van der Waals surface area contributed by atoms with Crippen molar-refractivity contribution in [3.05, 3.63) is 41.7 Å². The largest absolute Gasteiger partial charge is 0.441 e. The highest BCUT2D eigenvalue weighted by molar-refractivity contribution is 5.57. The van der Waals surface area contributed by atoms with E-state index in [2.05, 4.69) is 24.1 Å². The summed E-state index contributed by atoms with van der Waals surface area (Å²) in [5.74, 6) is 1.55. The first-order valence-corrected chi connectivity index (χ1v) is 7.48. The summed E-state index contributed by atoms with van der Waals surface area (Å²) in [6.07, 6.45) is 3.33. The van der Waals surface area contributed by atoms with Crippen LogP contribution in [-0.2, 0) is 6.42 Å². The van der Waals surface area contributed by atoms with E-state index in [1.165, 1.54) is 6.07 Å². The molecule has 0 bridgehead atoms. The second-order valence-corrected chi connectivity index (χ2v) is 5.80. The fourth-order valence-electron chi connectivity index (χ4n) is 2.13. The summed E-state index contributed by atoms with van der Waals surface area (Å²) in [5, 5.41) is 3.38. The lowest BCUT2D eigenvalue weighted by atomic mass is 10.1. The normalized spacial score (nSPS) is 11.3. The third kappa shape index (κ3) is 4.67. The molecule has 0 radical (unpaired) electrons.